The number of aliphatic carboxylic acids is 1. The molecule has 0 atom stereocenters. The number of hydrogen-bond donors (Lipinski definition) is 1. The van der Waals surface area contributed by atoms with Gasteiger partial charge >= 0.3 is 0 Å². The summed E-state index contributed by atoms with van der Waals surface area (Å²) in [5, 5.41) is 34.1. The van der Waals surface area contributed by atoms with Crippen LogP contribution in [0.3, 0.4) is 0 Å². The van der Waals surface area contributed by atoms with Gasteiger partial charge in [-0.25, -0.2) is 0 Å². The maximum absolute atomic E-state index is 10.8. The second-order valence-electron chi connectivity index (χ2n) is 3.38. The van der Waals surface area contributed by atoms with Gasteiger partial charge < -0.3 is 35.0 Å². The molecule has 7 heteroatoms. The first-order chi connectivity index (χ1) is 8.41. The average Bonchev–Trinajstić information content (AvgIpc) is 2.27. The van der Waals surface area contributed by atoms with Crippen molar-refractivity contribution in [3.8, 4) is 0 Å². The maximum atomic E-state index is 10.8. The van der Waals surface area contributed by atoms with E-state index < -0.39 is 17.9 Å². The van der Waals surface area contributed by atoms with Gasteiger partial charge in [0.05, 0.1) is 11.9 Å². The number of benzene rings is 1. The number of nitrogens with one attached hydrogen (secondary N) is 1. The van der Waals surface area contributed by atoms with Gasteiger partial charge in [-0.05, 0) is 11.6 Å². The van der Waals surface area contributed by atoms with Gasteiger partial charge in [-0.3, -0.25) is 0 Å². The molecule has 0 radical (unpaired) electrons. The van der Waals surface area contributed by atoms with Gasteiger partial charge in [0.15, 0.2) is 0 Å². The van der Waals surface area contributed by atoms with Crippen LogP contribution < -0.4 is 20.6 Å². The molecule has 96 valence electrons. The van der Waals surface area contributed by atoms with E-state index in [9.17, 15) is 29.7 Å². The van der Waals surface area contributed by atoms with Gasteiger partial charge in [-0.2, -0.15) is 0 Å². The molecule has 0 unspecified atom stereocenters. The van der Waals surface area contributed by atoms with E-state index in [0.29, 0.717) is 0 Å². The number of anilines is 1. The lowest BCUT2D eigenvalue weighted by Crippen LogP contribution is -2.27. The van der Waals surface area contributed by atoms with Gasteiger partial charge in [0.1, 0.15) is 0 Å². The number of hydrogen-bond acceptors (Lipinski definition) is 7. The van der Waals surface area contributed by atoms with Crippen LogP contribution in [-0.2, 0) is 4.79 Å². The van der Waals surface area contributed by atoms with Crippen molar-refractivity contribution in [1.29, 1.82) is 0 Å². The molecule has 0 bridgehead atoms. The molecule has 0 aliphatic carbocycles. The molecular weight excluding hydrogens is 242 g/mol. The van der Waals surface area contributed by atoms with Crippen molar-refractivity contribution < 1.29 is 29.7 Å². The lowest BCUT2D eigenvalue weighted by molar-refractivity contribution is -0.305. The van der Waals surface area contributed by atoms with Crippen LogP contribution in [0.25, 0.3) is 0 Å². The van der Waals surface area contributed by atoms with E-state index in [1.165, 1.54) is 0 Å². The zero-order chi connectivity index (χ0) is 13.7. The summed E-state index contributed by atoms with van der Waals surface area (Å²) in [6, 6.07) is 3.14. The fraction of sp³-hybridized carbons (Fsp3) is 0.182. The first-order valence-electron chi connectivity index (χ1n) is 4.92. The van der Waals surface area contributed by atoms with Crippen LogP contribution in [0.2, 0.25) is 0 Å². The van der Waals surface area contributed by atoms with Crippen LogP contribution in [0.4, 0.5) is 5.69 Å². The van der Waals surface area contributed by atoms with Crippen molar-refractivity contribution >= 4 is 23.6 Å². The standard InChI is InChI=1S/C11H11NO6/c13-9(14)3-4-12-8-5-6(10(15)16)1-2-7(8)11(17)18/h1-2,5,12H,3-4H2,(H,13,14)(H,15,16)(H,17,18)/p-3. The van der Waals surface area contributed by atoms with E-state index in [4.69, 9.17) is 0 Å². The number of carbonyl (C=O) groups is 3. The Hall–Kier alpha value is -2.57. The monoisotopic (exact) mass is 250 g/mol. The van der Waals surface area contributed by atoms with Gasteiger partial charge in [0, 0.05) is 30.2 Å². The van der Waals surface area contributed by atoms with E-state index in [-0.39, 0.29) is 29.8 Å². The largest absolute Gasteiger partial charge is 0.550 e. The molecule has 0 heterocycles. The fourth-order valence-electron chi connectivity index (χ4n) is 1.29. The third-order valence-corrected chi connectivity index (χ3v) is 2.12. The molecular formula is C11H8NO6-3. The van der Waals surface area contributed by atoms with Crippen molar-refractivity contribution in [2.75, 3.05) is 11.9 Å². The molecule has 0 aliphatic heterocycles. The number of rotatable bonds is 6. The highest BCUT2D eigenvalue weighted by molar-refractivity contribution is 5.96. The number of carboxylic acids is 3. The minimum absolute atomic E-state index is 0.0436. The highest BCUT2D eigenvalue weighted by Crippen LogP contribution is 2.17. The topological polar surface area (TPSA) is 132 Å². The normalized spacial score (nSPS) is 9.78. The molecule has 1 aromatic carbocycles. The second-order valence-corrected chi connectivity index (χ2v) is 3.38. The summed E-state index contributed by atoms with van der Waals surface area (Å²) in [4.78, 5) is 31.6. The molecule has 0 spiro atoms. The average molecular weight is 250 g/mol. The minimum Gasteiger partial charge on any atom is -0.550 e. The predicted octanol–water partition coefficient (Wildman–Crippen LogP) is -3.03. The van der Waals surface area contributed by atoms with E-state index in [2.05, 4.69) is 5.32 Å². The summed E-state index contributed by atoms with van der Waals surface area (Å²) in [6.07, 6.45) is -0.345. The summed E-state index contributed by atoms with van der Waals surface area (Å²) in [5.74, 6) is -4.28. The molecule has 1 rings (SSSR count). The van der Waals surface area contributed by atoms with Crippen LogP contribution in [0.5, 0.6) is 0 Å². The Morgan fingerprint density at radius 1 is 1.06 bits per heavy atom. The summed E-state index contributed by atoms with van der Waals surface area (Å²) < 4.78 is 0. The van der Waals surface area contributed by atoms with E-state index in [0.717, 1.165) is 18.2 Å². The molecule has 7 nitrogen and oxygen atoms in total. The Morgan fingerprint density at radius 2 is 1.72 bits per heavy atom. The Balaban J connectivity index is 2.96. The van der Waals surface area contributed by atoms with E-state index >= 15 is 0 Å². The Bertz CT molecular complexity index is 496. The zero-order valence-electron chi connectivity index (χ0n) is 9.10. The quantitative estimate of drug-likeness (QED) is 0.567. The van der Waals surface area contributed by atoms with Crippen molar-refractivity contribution in [3.63, 3.8) is 0 Å². The molecule has 0 saturated carbocycles. The van der Waals surface area contributed by atoms with Crippen LogP contribution in [0.1, 0.15) is 27.1 Å². The van der Waals surface area contributed by atoms with Crippen LogP contribution in [0.15, 0.2) is 18.2 Å². The first kappa shape index (κ1) is 13.5. The predicted molar refractivity (Wildman–Crippen MR) is 53.2 cm³/mol. The SMILES string of the molecule is O=C([O-])CCNc1cc(C(=O)[O-])ccc1C(=O)[O-]. The Morgan fingerprint density at radius 3 is 2.22 bits per heavy atom. The lowest BCUT2D eigenvalue weighted by atomic mass is 10.1. The molecule has 1 N–H and O–H groups in total. The lowest BCUT2D eigenvalue weighted by Gasteiger charge is -2.15. The second kappa shape index (κ2) is 5.67. The third kappa shape index (κ3) is 3.48. The van der Waals surface area contributed by atoms with Gasteiger partial charge in [-0.1, -0.05) is 12.1 Å². The smallest absolute Gasteiger partial charge is 0.0736 e. The van der Waals surface area contributed by atoms with Gasteiger partial charge in [0.2, 0.25) is 0 Å². The van der Waals surface area contributed by atoms with Crippen LogP contribution >= 0.6 is 0 Å². The zero-order valence-corrected chi connectivity index (χ0v) is 9.10. The summed E-state index contributed by atoms with van der Waals surface area (Å²) in [6.45, 7) is -0.0981. The first-order valence-corrected chi connectivity index (χ1v) is 4.92. The number of carboxylic acid groups (broad SMARTS) is 3. The molecule has 0 aromatic heterocycles. The molecule has 0 amide bonds. The molecule has 0 fully saturated rings. The summed E-state index contributed by atoms with van der Waals surface area (Å²) in [7, 11) is 0. The maximum Gasteiger partial charge on any atom is 0.0736 e. The van der Waals surface area contributed by atoms with Crippen molar-refractivity contribution in [2.24, 2.45) is 0 Å². The highest BCUT2D eigenvalue weighted by Gasteiger charge is 2.05. The third-order valence-electron chi connectivity index (χ3n) is 2.12. The van der Waals surface area contributed by atoms with Crippen LogP contribution in [0, 0.1) is 0 Å². The fourth-order valence-corrected chi connectivity index (χ4v) is 1.29. The summed E-state index contributed by atoms with van der Waals surface area (Å²) >= 11 is 0. The molecule has 0 saturated heterocycles. The summed E-state index contributed by atoms with van der Waals surface area (Å²) in [5.41, 5.74) is -0.535. The van der Waals surface area contributed by atoms with Crippen molar-refractivity contribution in [1.82, 2.24) is 0 Å². The van der Waals surface area contributed by atoms with Crippen LogP contribution in [-0.4, -0.2) is 24.5 Å². The minimum atomic E-state index is -1.50. The molecule has 1 aromatic rings. The van der Waals surface area contributed by atoms with E-state index in [1.807, 2.05) is 0 Å². The van der Waals surface area contributed by atoms with Gasteiger partial charge in [0.25, 0.3) is 0 Å². The Kier molecular flexibility index (Phi) is 4.25. The highest BCUT2D eigenvalue weighted by atomic mass is 16.4. The van der Waals surface area contributed by atoms with Gasteiger partial charge in [-0.15, -0.1) is 0 Å². The van der Waals surface area contributed by atoms with E-state index in [1.54, 1.807) is 0 Å². The number of aromatic carboxylic acids is 2. The van der Waals surface area contributed by atoms with Crippen molar-refractivity contribution in [3.05, 3.63) is 29.3 Å². The molecule has 18 heavy (non-hydrogen) atoms. The molecule has 0 aliphatic rings. The number of carbonyl (C=O) groups excluding carboxylic acids is 3. The Labute approximate surface area is 102 Å². The van der Waals surface area contributed by atoms with Crippen molar-refractivity contribution in [2.45, 2.75) is 6.42 Å².